The fourth-order valence-electron chi connectivity index (χ4n) is 1.15. The van der Waals surface area contributed by atoms with Crippen LogP contribution in [0.25, 0.3) is 0 Å². The summed E-state index contributed by atoms with van der Waals surface area (Å²) in [5, 5.41) is 0. The molecule has 0 radical (unpaired) electrons. The van der Waals surface area contributed by atoms with E-state index < -0.39 is 8.87 Å². The molecule has 0 fully saturated rings. The Hall–Kier alpha value is -0.520. The van der Waals surface area contributed by atoms with Gasteiger partial charge in [-0.25, -0.2) is 8.42 Å². The Morgan fingerprint density at radius 3 is 2.40 bits per heavy atom. The van der Waals surface area contributed by atoms with Crippen molar-refractivity contribution in [2.45, 2.75) is 6.10 Å². The first-order valence-corrected chi connectivity index (χ1v) is 7.84. The molecule has 15 heavy (non-hydrogen) atoms. The van der Waals surface area contributed by atoms with Crippen molar-refractivity contribution in [2.75, 3.05) is 19.1 Å². The van der Waals surface area contributed by atoms with Crippen LogP contribution in [0.3, 0.4) is 0 Å². The van der Waals surface area contributed by atoms with E-state index in [4.69, 9.17) is 4.74 Å². The molecule has 0 aliphatic rings. The van der Waals surface area contributed by atoms with Gasteiger partial charge in [-0.3, -0.25) is 0 Å². The molecule has 3 nitrogen and oxygen atoms in total. The van der Waals surface area contributed by atoms with Gasteiger partial charge in [0, 0.05) is 19.1 Å². The number of rotatable bonds is 5. The van der Waals surface area contributed by atoms with E-state index in [1.165, 1.54) is 6.26 Å². The van der Waals surface area contributed by atoms with E-state index in [2.05, 4.69) is 0 Å². The molecule has 1 rings (SSSR count). The molecule has 0 aliphatic heterocycles. The van der Waals surface area contributed by atoms with E-state index in [1.54, 1.807) is 7.11 Å². The monoisotopic (exact) mass is 246 g/mol. The van der Waals surface area contributed by atoms with Crippen molar-refractivity contribution < 1.29 is 13.2 Å². The average Bonchev–Trinajstić information content (AvgIpc) is 2.19. The minimum absolute atomic E-state index is 0.175. The quantitative estimate of drug-likeness (QED) is 0.746. The van der Waals surface area contributed by atoms with Crippen molar-refractivity contribution >= 4 is 19.7 Å². The second-order valence-corrected chi connectivity index (χ2v) is 7.62. The highest BCUT2D eigenvalue weighted by atomic mass is 33.1. The Morgan fingerprint density at radius 1 is 1.33 bits per heavy atom. The fourth-order valence-corrected chi connectivity index (χ4v) is 2.97. The lowest BCUT2D eigenvalue weighted by atomic mass is 10.1. The van der Waals surface area contributed by atoms with E-state index in [9.17, 15) is 8.42 Å². The molecule has 1 aromatic carbocycles. The summed E-state index contributed by atoms with van der Waals surface area (Å²) in [6, 6.07) is 9.59. The van der Waals surface area contributed by atoms with E-state index in [0.717, 1.165) is 16.4 Å². The lowest BCUT2D eigenvalue weighted by Crippen LogP contribution is -2.06. The second-order valence-electron chi connectivity index (χ2n) is 3.12. The Balaban J connectivity index is 2.66. The Kier molecular flexibility index (Phi) is 4.63. The van der Waals surface area contributed by atoms with E-state index in [-0.39, 0.29) is 6.10 Å². The van der Waals surface area contributed by atoms with Crippen LogP contribution in [0.5, 0.6) is 0 Å². The largest absolute Gasteiger partial charge is 0.376 e. The molecule has 0 heterocycles. The number of ether oxygens (including phenoxy) is 1. The molecule has 84 valence electrons. The summed E-state index contributed by atoms with van der Waals surface area (Å²) in [5.41, 5.74) is 0.996. The highest BCUT2D eigenvalue weighted by Crippen LogP contribution is 2.23. The second kappa shape index (κ2) is 5.53. The van der Waals surface area contributed by atoms with Crippen LogP contribution >= 0.6 is 10.8 Å². The molecule has 0 aliphatic carbocycles. The molecule has 0 saturated heterocycles. The molecule has 1 unspecified atom stereocenters. The van der Waals surface area contributed by atoms with Gasteiger partial charge in [0.2, 0.25) is 0 Å². The van der Waals surface area contributed by atoms with E-state index in [0.29, 0.717) is 5.75 Å². The summed E-state index contributed by atoms with van der Waals surface area (Å²) >= 11 is 0. The van der Waals surface area contributed by atoms with Crippen molar-refractivity contribution in [2.24, 2.45) is 0 Å². The lowest BCUT2D eigenvalue weighted by molar-refractivity contribution is 0.123. The number of hydrogen-bond donors (Lipinski definition) is 0. The Labute approximate surface area is 94.2 Å². The minimum Gasteiger partial charge on any atom is -0.376 e. The van der Waals surface area contributed by atoms with Crippen molar-refractivity contribution in [3.05, 3.63) is 35.9 Å². The predicted molar refractivity (Wildman–Crippen MR) is 63.5 cm³/mol. The molecular weight excluding hydrogens is 232 g/mol. The maximum Gasteiger partial charge on any atom is 0.198 e. The Morgan fingerprint density at radius 2 is 1.93 bits per heavy atom. The third-order valence-electron chi connectivity index (χ3n) is 1.89. The molecule has 1 atom stereocenters. The third-order valence-corrected chi connectivity index (χ3v) is 4.45. The van der Waals surface area contributed by atoms with Crippen LogP contribution in [0.1, 0.15) is 11.7 Å². The van der Waals surface area contributed by atoms with Crippen LogP contribution in [-0.2, 0) is 13.6 Å². The van der Waals surface area contributed by atoms with Crippen molar-refractivity contribution in [1.29, 1.82) is 0 Å². The van der Waals surface area contributed by atoms with Crippen LogP contribution in [-0.4, -0.2) is 27.5 Å². The van der Waals surface area contributed by atoms with Gasteiger partial charge in [-0.05, 0) is 16.4 Å². The summed E-state index contributed by atoms with van der Waals surface area (Å²) in [5.74, 6) is 0.416. The predicted octanol–water partition coefficient (Wildman–Crippen LogP) is 2.07. The van der Waals surface area contributed by atoms with Crippen molar-refractivity contribution in [1.82, 2.24) is 0 Å². The summed E-state index contributed by atoms with van der Waals surface area (Å²) in [7, 11) is -0.508. The van der Waals surface area contributed by atoms with Crippen molar-refractivity contribution in [3.63, 3.8) is 0 Å². The van der Waals surface area contributed by atoms with Gasteiger partial charge in [0.1, 0.15) is 0 Å². The van der Waals surface area contributed by atoms with Crippen molar-refractivity contribution in [3.8, 4) is 0 Å². The van der Waals surface area contributed by atoms with Gasteiger partial charge in [0.25, 0.3) is 0 Å². The molecule has 0 aromatic heterocycles. The number of methoxy groups -OCH3 is 1. The molecule has 0 spiro atoms. The van der Waals surface area contributed by atoms with Gasteiger partial charge in [-0.15, -0.1) is 0 Å². The number of benzene rings is 1. The van der Waals surface area contributed by atoms with Gasteiger partial charge < -0.3 is 4.74 Å². The average molecular weight is 246 g/mol. The molecule has 5 heteroatoms. The van der Waals surface area contributed by atoms with Crippen LogP contribution in [0.4, 0.5) is 0 Å². The zero-order chi connectivity index (χ0) is 11.3. The first kappa shape index (κ1) is 12.5. The SMILES string of the molecule is COC(CSS(C)(=O)=O)c1ccccc1. The first-order valence-electron chi connectivity index (χ1n) is 4.45. The minimum atomic E-state index is -3.00. The topological polar surface area (TPSA) is 43.4 Å². The maximum absolute atomic E-state index is 11.0. The molecular formula is C10H14O3S2. The fraction of sp³-hybridized carbons (Fsp3) is 0.400. The smallest absolute Gasteiger partial charge is 0.198 e. The Bertz CT molecular complexity index is 386. The zero-order valence-electron chi connectivity index (χ0n) is 8.71. The lowest BCUT2D eigenvalue weighted by Gasteiger charge is -2.14. The maximum atomic E-state index is 11.0. The highest BCUT2D eigenvalue weighted by molar-refractivity contribution is 8.71. The van der Waals surface area contributed by atoms with E-state index >= 15 is 0 Å². The number of hydrogen-bond acceptors (Lipinski definition) is 4. The molecule has 0 saturated carbocycles. The van der Waals surface area contributed by atoms with Crippen LogP contribution in [0.15, 0.2) is 30.3 Å². The zero-order valence-corrected chi connectivity index (χ0v) is 10.3. The van der Waals surface area contributed by atoms with E-state index in [1.807, 2.05) is 30.3 Å². The van der Waals surface area contributed by atoms with Gasteiger partial charge >= 0.3 is 0 Å². The molecule has 1 aromatic rings. The standard InChI is InChI=1S/C10H14O3S2/c1-13-10(8-14-15(2,11)12)9-6-4-3-5-7-9/h3-7,10H,8H2,1-2H3. The molecule has 0 bridgehead atoms. The van der Waals surface area contributed by atoms with Crippen LogP contribution in [0, 0.1) is 0 Å². The van der Waals surface area contributed by atoms with Gasteiger partial charge in [-0.2, -0.15) is 0 Å². The molecule has 0 amide bonds. The summed E-state index contributed by atoms with van der Waals surface area (Å²) in [6.07, 6.45) is 1.03. The molecule has 0 N–H and O–H groups in total. The van der Waals surface area contributed by atoms with Gasteiger partial charge in [0.05, 0.1) is 6.10 Å². The summed E-state index contributed by atoms with van der Waals surface area (Å²) in [4.78, 5) is 0. The van der Waals surface area contributed by atoms with Crippen LogP contribution in [0.2, 0.25) is 0 Å². The summed E-state index contributed by atoms with van der Waals surface area (Å²) in [6.45, 7) is 0. The van der Waals surface area contributed by atoms with Gasteiger partial charge in [-0.1, -0.05) is 30.3 Å². The van der Waals surface area contributed by atoms with Gasteiger partial charge in [0.15, 0.2) is 8.87 Å². The normalized spacial score (nSPS) is 13.7. The first-order chi connectivity index (χ1) is 7.03. The third kappa shape index (κ3) is 4.68. The van der Waals surface area contributed by atoms with Crippen LogP contribution < -0.4 is 0 Å². The summed E-state index contributed by atoms with van der Waals surface area (Å²) < 4.78 is 27.2. The highest BCUT2D eigenvalue weighted by Gasteiger charge is 2.13.